The molecule has 0 amide bonds. The molecule has 4 aliphatic rings. The van der Waals surface area contributed by atoms with Crippen LogP contribution in [0.25, 0.3) is 0 Å². The fourth-order valence-corrected chi connectivity index (χ4v) is 6.36. The largest absolute Gasteiger partial charge is 0.497 e. The van der Waals surface area contributed by atoms with Gasteiger partial charge >= 0.3 is 11.9 Å². The van der Waals surface area contributed by atoms with Crippen LogP contribution in [0.3, 0.4) is 0 Å². The standard InChI is InChI=1S/C27H26N2O6/c1-16(30)22-21(17-9-11-19(33-2)12-10-17)27(23-20-8-4-3-7-18(20)15-28-29(22)23)24(31)34-26(35-25(27)32)13-5-6-14-26/h3-4,7-12,15,21-23H,5-6,13-14H2,1-2H3/t21-,22-,23+/m0/s1. The number of methoxy groups -OCH3 is 1. The summed E-state index contributed by atoms with van der Waals surface area (Å²) in [5.74, 6) is -2.96. The van der Waals surface area contributed by atoms with Gasteiger partial charge in [0.05, 0.1) is 13.3 Å². The second-order valence-corrected chi connectivity index (χ2v) is 9.73. The van der Waals surface area contributed by atoms with Crippen molar-refractivity contribution >= 4 is 23.9 Å². The summed E-state index contributed by atoms with van der Waals surface area (Å²) < 4.78 is 17.4. The monoisotopic (exact) mass is 474 g/mol. The minimum absolute atomic E-state index is 0.203. The molecule has 8 nitrogen and oxygen atoms in total. The summed E-state index contributed by atoms with van der Waals surface area (Å²) in [5, 5.41) is 6.21. The van der Waals surface area contributed by atoms with Crippen LogP contribution in [0.4, 0.5) is 0 Å². The van der Waals surface area contributed by atoms with E-state index in [2.05, 4.69) is 5.10 Å². The summed E-state index contributed by atoms with van der Waals surface area (Å²) in [4.78, 5) is 41.5. The zero-order chi connectivity index (χ0) is 24.4. The topological polar surface area (TPSA) is 94.5 Å². The lowest BCUT2D eigenvalue weighted by molar-refractivity contribution is -0.263. The van der Waals surface area contributed by atoms with Gasteiger partial charge in [0.25, 0.3) is 5.79 Å². The Kier molecular flexibility index (Phi) is 4.78. The van der Waals surface area contributed by atoms with Crippen molar-refractivity contribution in [3.05, 3.63) is 65.2 Å². The summed E-state index contributed by atoms with van der Waals surface area (Å²) in [6.07, 6.45) is 4.26. The third kappa shape index (κ3) is 2.92. The maximum Gasteiger partial charge on any atom is 0.330 e. The molecule has 2 aromatic carbocycles. The molecule has 8 heteroatoms. The fourth-order valence-electron chi connectivity index (χ4n) is 6.36. The van der Waals surface area contributed by atoms with E-state index >= 15 is 0 Å². The first-order valence-corrected chi connectivity index (χ1v) is 11.9. The van der Waals surface area contributed by atoms with Crippen molar-refractivity contribution in [2.24, 2.45) is 10.5 Å². The Hall–Kier alpha value is -3.68. The molecule has 3 aliphatic heterocycles. The lowest BCUT2D eigenvalue weighted by Gasteiger charge is -2.45. The van der Waals surface area contributed by atoms with Gasteiger partial charge in [-0.05, 0) is 48.6 Å². The lowest BCUT2D eigenvalue weighted by Crippen LogP contribution is -2.59. The van der Waals surface area contributed by atoms with E-state index in [1.807, 2.05) is 24.3 Å². The van der Waals surface area contributed by atoms with Gasteiger partial charge in [-0.2, -0.15) is 5.10 Å². The number of hydrogen-bond donors (Lipinski definition) is 0. The average Bonchev–Trinajstić information content (AvgIpc) is 3.44. The summed E-state index contributed by atoms with van der Waals surface area (Å²) in [6, 6.07) is 12.9. The van der Waals surface area contributed by atoms with Gasteiger partial charge in [0, 0.05) is 18.8 Å². The van der Waals surface area contributed by atoms with Crippen LogP contribution in [0.1, 0.15) is 61.3 Å². The molecule has 0 radical (unpaired) electrons. The minimum atomic E-state index is -1.80. The molecule has 180 valence electrons. The first-order chi connectivity index (χ1) is 16.9. The van der Waals surface area contributed by atoms with Gasteiger partial charge < -0.3 is 14.2 Å². The Morgan fingerprint density at radius 1 is 1.03 bits per heavy atom. The van der Waals surface area contributed by atoms with Gasteiger partial charge in [0.2, 0.25) is 5.41 Å². The van der Waals surface area contributed by atoms with Crippen molar-refractivity contribution < 1.29 is 28.6 Å². The normalized spacial score (nSPS) is 27.4. The van der Waals surface area contributed by atoms with Gasteiger partial charge in [0.1, 0.15) is 17.8 Å². The molecule has 0 N–H and O–H groups in total. The number of hydrazone groups is 1. The van der Waals surface area contributed by atoms with Crippen molar-refractivity contribution in [1.29, 1.82) is 0 Å². The van der Waals surface area contributed by atoms with Crippen LogP contribution in [-0.4, -0.2) is 47.9 Å². The molecule has 6 rings (SSSR count). The number of carbonyl (C=O) groups excluding carboxylic acids is 3. The molecule has 0 bridgehead atoms. The fraction of sp³-hybridized carbons (Fsp3) is 0.407. The molecule has 3 fully saturated rings. The number of carbonyl (C=O) groups is 3. The minimum Gasteiger partial charge on any atom is -0.497 e. The van der Waals surface area contributed by atoms with Crippen molar-refractivity contribution in [2.45, 2.75) is 56.4 Å². The summed E-state index contributed by atoms with van der Waals surface area (Å²) >= 11 is 0. The molecular weight excluding hydrogens is 448 g/mol. The predicted octanol–water partition coefficient (Wildman–Crippen LogP) is 3.50. The van der Waals surface area contributed by atoms with Crippen molar-refractivity contribution in [1.82, 2.24) is 5.01 Å². The third-order valence-corrected chi connectivity index (χ3v) is 7.90. The Labute approximate surface area is 202 Å². The molecule has 1 aliphatic carbocycles. The second-order valence-electron chi connectivity index (χ2n) is 9.73. The molecular formula is C27H26N2O6. The summed E-state index contributed by atoms with van der Waals surface area (Å²) in [5.41, 5.74) is 0.366. The van der Waals surface area contributed by atoms with E-state index in [1.54, 1.807) is 42.6 Å². The number of rotatable bonds is 3. The van der Waals surface area contributed by atoms with Crippen molar-refractivity contribution in [2.75, 3.05) is 7.11 Å². The van der Waals surface area contributed by atoms with E-state index in [1.165, 1.54) is 6.92 Å². The third-order valence-electron chi connectivity index (χ3n) is 7.90. The van der Waals surface area contributed by atoms with Gasteiger partial charge in [-0.1, -0.05) is 36.4 Å². The number of ether oxygens (including phenoxy) is 3. The number of hydrogen-bond acceptors (Lipinski definition) is 8. The highest BCUT2D eigenvalue weighted by Crippen LogP contribution is 2.63. The van der Waals surface area contributed by atoms with Gasteiger partial charge in [-0.25, -0.2) is 0 Å². The van der Waals surface area contributed by atoms with E-state index in [9.17, 15) is 14.4 Å². The van der Waals surface area contributed by atoms with Gasteiger partial charge in [-0.3, -0.25) is 19.4 Å². The van der Waals surface area contributed by atoms with Crippen LogP contribution in [0.2, 0.25) is 0 Å². The van der Waals surface area contributed by atoms with Crippen LogP contribution in [0, 0.1) is 5.41 Å². The van der Waals surface area contributed by atoms with Gasteiger partial charge in [-0.15, -0.1) is 0 Å². The predicted molar refractivity (Wildman–Crippen MR) is 125 cm³/mol. The van der Waals surface area contributed by atoms with Crippen LogP contribution in [0.15, 0.2) is 53.6 Å². The maximum absolute atomic E-state index is 14.2. The molecule has 35 heavy (non-hydrogen) atoms. The first kappa shape index (κ1) is 21.8. The van der Waals surface area contributed by atoms with E-state index in [0.29, 0.717) is 24.2 Å². The Balaban J connectivity index is 1.60. The maximum atomic E-state index is 14.2. The van der Waals surface area contributed by atoms with E-state index in [4.69, 9.17) is 14.2 Å². The molecule has 2 spiro atoms. The second kappa shape index (κ2) is 7.66. The number of Topliss-reactive ketones (excluding diaryl/α,β-unsaturated/α-hetero) is 1. The number of ketones is 1. The highest BCUT2D eigenvalue weighted by Gasteiger charge is 2.75. The Morgan fingerprint density at radius 2 is 1.69 bits per heavy atom. The Bertz CT molecular complexity index is 1230. The molecule has 2 saturated heterocycles. The average molecular weight is 475 g/mol. The highest BCUT2D eigenvalue weighted by molar-refractivity contribution is 6.07. The quantitative estimate of drug-likeness (QED) is 0.496. The molecule has 3 heterocycles. The zero-order valence-corrected chi connectivity index (χ0v) is 19.6. The van der Waals surface area contributed by atoms with E-state index < -0.39 is 41.1 Å². The number of benzene rings is 2. The van der Waals surface area contributed by atoms with E-state index in [-0.39, 0.29) is 5.78 Å². The summed E-state index contributed by atoms with van der Waals surface area (Å²) in [7, 11) is 1.56. The van der Waals surface area contributed by atoms with Crippen LogP contribution >= 0.6 is 0 Å². The molecule has 2 aromatic rings. The van der Waals surface area contributed by atoms with Crippen LogP contribution in [0.5, 0.6) is 5.75 Å². The van der Waals surface area contributed by atoms with Crippen molar-refractivity contribution in [3.8, 4) is 5.75 Å². The number of esters is 2. The lowest BCUT2D eigenvalue weighted by atomic mass is 9.65. The molecule has 3 atom stereocenters. The SMILES string of the molecule is COc1ccc([C@H]2[C@H](C(C)=O)N3N=Cc4ccccc4[C@@H]3C23C(=O)OC2(CCCC2)OC3=O)cc1. The zero-order valence-electron chi connectivity index (χ0n) is 19.6. The Morgan fingerprint density at radius 3 is 2.31 bits per heavy atom. The number of fused-ring (bicyclic) bond motifs is 4. The number of nitrogens with zero attached hydrogens (tertiary/aromatic N) is 2. The molecule has 1 saturated carbocycles. The van der Waals surface area contributed by atoms with Gasteiger partial charge in [0.15, 0.2) is 5.78 Å². The van der Waals surface area contributed by atoms with Crippen LogP contribution in [-0.2, 0) is 23.9 Å². The first-order valence-electron chi connectivity index (χ1n) is 11.9. The van der Waals surface area contributed by atoms with E-state index in [0.717, 1.165) is 24.0 Å². The smallest absolute Gasteiger partial charge is 0.330 e. The van der Waals surface area contributed by atoms with Crippen LogP contribution < -0.4 is 4.74 Å². The van der Waals surface area contributed by atoms with Crippen molar-refractivity contribution in [3.63, 3.8) is 0 Å². The summed E-state index contributed by atoms with van der Waals surface area (Å²) in [6.45, 7) is 1.46. The molecule has 0 aromatic heterocycles. The highest BCUT2D eigenvalue weighted by atomic mass is 16.7. The molecule has 0 unspecified atom stereocenters.